The summed E-state index contributed by atoms with van der Waals surface area (Å²) in [6.07, 6.45) is 3.88. The Balaban J connectivity index is 0.00000242. The van der Waals surface area contributed by atoms with Crippen molar-refractivity contribution in [2.45, 2.75) is 19.8 Å². The normalized spacial score (nSPS) is 15.8. The highest BCUT2D eigenvalue weighted by Crippen LogP contribution is 2.27. The molecule has 2 N–H and O–H groups in total. The molecule has 1 fully saturated rings. The maximum absolute atomic E-state index is 12.5. The van der Waals surface area contributed by atoms with Crippen LogP contribution in [0, 0.1) is 5.41 Å². The molecule has 0 aromatic carbocycles. The van der Waals surface area contributed by atoms with Gasteiger partial charge in [-0.15, -0.1) is 24.8 Å². The molecule has 2 heterocycles. The second-order valence-corrected chi connectivity index (χ2v) is 7.08. The summed E-state index contributed by atoms with van der Waals surface area (Å²) in [5.41, 5.74) is 0.783. The van der Waals surface area contributed by atoms with Crippen LogP contribution in [0.2, 0.25) is 0 Å². The molecule has 0 spiro atoms. The van der Waals surface area contributed by atoms with Gasteiger partial charge in [0.2, 0.25) is 0 Å². The van der Waals surface area contributed by atoms with E-state index >= 15 is 0 Å². The van der Waals surface area contributed by atoms with Gasteiger partial charge in [0, 0.05) is 31.3 Å². The molecule has 0 atom stereocenters. The lowest BCUT2D eigenvalue weighted by Gasteiger charge is -2.34. The zero-order valence-corrected chi connectivity index (χ0v) is 16.9. The maximum Gasteiger partial charge on any atom is 0.255 e. The van der Waals surface area contributed by atoms with Crippen molar-refractivity contribution in [2.24, 2.45) is 5.41 Å². The number of carbonyl (C=O) groups excluding carboxylic acids is 1. The van der Waals surface area contributed by atoms with Crippen molar-refractivity contribution in [3.63, 3.8) is 0 Å². The lowest BCUT2D eigenvalue weighted by molar-refractivity contribution is 0.0922. The van der Waals surface area contributed by atoms with Crippen molar-refractivity contribution in [2.75, 3.05) is 38.6 Å². The average Bonchev–Trinajstić information content (AvgIpc) is 2.45. The molecule has 23 heavy (non-hydrogen) atoms. The second-order valence-electron chi connectivity index (χ2n) is 6.16. The lowest BCUT2D eigenvalue weighted by Crippen LogP contribution is -2.43. The first-order valence-corrected chi connectivity index (χ1v) is 8.02. The number of halogens is 3. The number of rotatable bonds is 4. The molecule has 1 aliphatic rings. The largest absolute Gasteiger partial charge is 0.362 e. The first kappa shape index (κ1) is 22.4. The van der Waals surface area contributed by atoms with Crippen molar-refractivity contribution in [1.82, 2.24) is 15.6 Å². The Bertz CT molecular complexity index is 522. The molecule has 2 rings (SSSR count). The fourth-order valence-electron chi connectivity index (χ4n) is 2.55. The van der Waals surface area contributed by atoms with Crippen LogP contribution in [-0.2, 0) is 0 Å². The van der Waals surface area contributed by atoms with Crippen LogP contribution in [0.15, 0.2) is 16.7 Å². The minimum absolute atomic E-state index is 0. The van der Waals surface area contributed by atoms with Gasteiger partial charge in [-0.3, -0.25) is 4.79 Å². The molecule has 132 valence electrons. The predicted molar refractivity (Wildman–Crippen MR) is 103 cm³/mol. The summed E-state index contributed by atoms with van der Waals surface area (Å²) in [4.78, 5) is 18.7. The number of hydrogen-bond donors (Lipinski definition) is 2. The van der Waals surface area contributed by atoms with E-state index in [1.54, 1.807) is 6.20 Å². The van der Waals surface area contributed by atoms with Crippen LogP contribution >= 0.6 is 40.7 Å². The van der Waals surface area contributed by atoms with Crippen molar-refractivity contribution < 1.29 is 4.79 Å². The van der Waals surface area contributed by atoms with E-state index in [4.69, 9.17) is 0 Å². The summed E-state index contributed by atoms with van der Waals surface area (Å²) in [5, 5.41) is 6.43. The zero-order chi connectivity index (χ0) is 15.5. The van der Waals surface area contributed by atoms with E-state index in [2.05, 4.69) is 38.5 Å². The minimum atomic E-state index is -0.0627. The van der Waals surface area contributed by atoms with Gasteiger partial charge in [-0.1, -0.05) is 6.92 Å². The number of nitrogens with zero attached hydrogens (tertiary/aromatic N) is 2. The molecule has 0 bridgehead atoms. The Hall–Kier alpha value is -0.560. The van der Waals surface area contributed by atoms with E-state index in [0.29, 0.717) is 17.9 Å². The van der Waals surface area contributed by atoms with Gasteiger partial charge in [0.1, 0.15) is 5.82 Å². The molecule has 1 aliphatic heterocycles. The predicted octanol–water partition coefficient (Wildman–Crippen LogP) is 2.87. The van der Waals surface area contributed by atoms with Crippen LogP contribution in [0.1, 0.15) is 30.1 Å². The third-order valence-electron chi connectivity index (χ3n) is 3.99. The molecule has 1 aromatic heterocycles. The molecule has 1 aromatic rings. The number of piperidine rings is 1. The van der Waals surface area contributed by atoms with Gasteiger partial charge in [-0.2, -0.15) is 0 Å². The van der Waals surface area contributed by atoms with Crippen molar-refractivity contribution >= 4 is 52.5 Å². The molecule has 0 radical (unpaired) electrons. The minimum Gasteiger partial charge on any atom is -0.362 e. The van der Waals surface area contributed by atoms with E-state index in [-0.39, 0.29) is 36.1 Å². The number of nitrogens with one attached hydrogen (secondary N) is 2. The quantitative estimate of drug-likeness (QED) is 0.775. The van der Waals surface area contributed by atoms with Gasteiger partial charge in [0.15, 0.2) is 0 Å². The molecule has 5 nitrogen and oxygen atoms in total. The first-order valence-electron chi connectivity index (χ1n) is 7.23. The molecular formula is C15H25BrCl2N4O. The number of amides is 1. The number of carbonyl (C=O) groups is 1. The molecule has 8 heteroatoms. The second kappa shape index (κ2) is 9.67. The van der Waals surface area contributed by atoms with Crippen LogP contribution in [0.4, 0.5) is 5.82 Å². The van der Waals surface area contributed by atoms with Gasteiger partial charge in [-0.25, -0.2) is 4.98 Å². The Morgan fingerprint density at radius 2 is 2.00 bits per heavy atom. The van der Waals surface area contributed by atoms with E-state index in [1.807, 2.05) is 25.1 Å². The molecule has 0 saturated carbocycles. The van der Waals surface area contributed by atoms with Gasteiger partial charge in [-0.05, 0) is 53.3 Å². The van der Waals surface area contributed by atoms with Crippen molar-refractivity contribution in [1.29, 1.82) is 0 Å². The topological polar surface area (TPSA) is 57.3 Å². The Morgan fingerprint density at radius 1 is 1.39 bits per heavy atom. The van der Waals surface area contributed by atoms with E-state index in [0.717, 1.165) is 30.4 Å². The monoisotopic (exact) mass is 426 g/mol. The SMILES string of the molecule is CN(C)c1ncc(Br)cc1C(=O)NCC1(C)CCNCC1.Cl.Cl. The third kappa shape index (κ3) is 6.10. The highest BCUT2D eigenvalue weighted by molar-refractivity contribution is 9.10. The lowest BCUT2D eigenvalue weighted by atomic mass is 9.81. The molecular weight excluding hydrogens is 403 g/mol. The Kier molecular flexibility index (Phi) is 9.43. The van der Waals surface area contributed by atoms with Crippen molar-refractivity contribution in [3.8, 4) is 0 Å². The molecule has 1 saturated heterocycles. The van der Waals surface area contributed by atoms with Crippen LogP contribution < -0.4 is 15.5 Å². The van der Waals surface area contributed by atoms with Crippen LogP contribution in [-0.4, -0.2) is 44.6 Å². The van der Waals surface area contributed by atoms with Gasteiger partial charge in [0.05, 0.1) is 5.56 Å². The number of anilines is 1. The van der Waals surface area contributed by atoms with Crippen LogP contribution in [0.25, 0.3) is 0 Å². The Morgan fingerprint density at radius 3 is 2.57 bits per heavy atom. The van der Waals surface area contributed by atoms with E-state index < -0.39 is 0 Å². The highest BCUT2D eigenvalue weighted by atomic mass is 79.9. The smallest absolute Gasteiger partial charge is 0.255 e. The Labute approximate surface area is 158 Å². The molecule has 0 aliphatic carbocycles. The number of aromatic nitrogens is 1. The molecule has 1 amide bonds. The number of pyridine rings is 1. The molecule has 0 unspecified atom stereocenters. The third-order valence-corrected chi connectivity index (χ3v) is 4.42. The summed E-state index contributed by atoms with van der Waals surface area (Å²) in [6.45, 7) is 4.98. The van der Waals surface area contributed by atoms with Crippen molar-refractivity contribution in [3.05, 3.63) is 22.3 Å². The highest BCUT2D eigenvalue weighted by Gasteiger charge is 2.27. The van der Waals surface area contributed by atoms with E-state index in [1.165, 1.54) is 0 Å². The summed E-state index contributed by atoms with van der Waals surface area (Å²) in [6, 6.07) is 1.82. The summed E-state index contributed by atoms with van der Waals surface area (Å²) in [7, 11) is 3.78. The van der Waals surface area contributed by atoms with Gasteiger partial charge >= 0.3 is 0 Å². The summed E-state index contributed by atoms with van der Waals surface area (Å²) >= 11 is 3.38. The van der Waals surface area contributed by atoms with Crippen LogP contribution in [0.5, 0.6) is 0 Å². The summed E-state index contributed by atoms with van der Waals surface area (Å²) < 4.78 is 0.811. The summed E-state index contributed by atoms with van der Waals surface area (Å²) in [5.74, 6) is 0.624. The first-order chi connectivity index (χ1) is 9.91. The number of hydrogen-bond acceptors (Lipinski definition) is 4. The maximum atomic E-state index is 12.5. The van der Waals surface area contributed by atoms with Gasteiger partial charge in [0.25, 0.3) is 5.91 Å². The average molecular weight is 428 g/mol. The van der Waals surface area contributed by atoms with Gasteiger partial charge < -0.3 is 15.5 Å². The fraction of sp³-hybridized carbons (Fsp3) is 0.600. The zero-order valence-electron chi connectivity index (χ0n) is 13.7. The van der Waals surface area contributed by atoms with Crippen LogP contribution in [0.3, 0.4) is 0 Å². The standard InChI is InChI=1S/C15H23BrN4O.2ClH/c1-15(4-6-17-7-5-15)10-19-14(21)12-8-11(16)9-18-13(12)20(2)3;;/h8-9,17H,4-7,10H2,1-3H3,(H,19,21);2*1H. The fourth-order valence-corrected chi connectivity index (χ4v) is 2.88. The van der Waals surface area contributed by atoms with E-state index in [9.17, 15) is 4.79 Å².